The van der Waals surface area contributed by atoms with Gasteiger partial charge in [0, 0.05) is 20.1 Å². The van der Waals surface area contributed by atoms with Gasteiger partial charge in [0.1, 0.15) is 11.0 Å². The van der Waals surface area contributed by atoms with Crippen molar-refractivity contribution in [1.29, 1.82) is 0 Å². The van der Waals surface area contributed by atoms with Crippen molar-refractivity contribution in [2.24, 2.45) is 13.0 Å². The van der Waals surface area contributed by atoms with Crippen LogP contribution < -0.4 is 0 Å². The van der Waals surface area contributed by atoms with Crippen LogP contribution in [0.4, 0.5) is 0 Å². The van der Waals surface area contributed by atoms with Crippen LogP contribution in [0, 0.1) is 5.92 Å². The van der Waals surface area contributed by atoms with Crippen molar-refractivity contribution in [3.63, 3.8) is 0 Å². The molecule has 90 valence electrons. The van der Waals surface area contributed by atoms with E-state index in [4.69, 9.17) is 11.6 Å². The first-order chi connectivity index (χ1) is 7.58. The van der Waals surface area contributed by atoms with Crippen molar-refractivity contribution in [2.45, 2.75) is 26.0 Å². The van der Waals surface area contributed by atoms with E-state index in [0.29, 0.717) is 11.1 Å². The zero-order valence-corrected chi connectivity index (χ0v) is 10.5. The number of nitrogens with zero attached hydrogens (tertiary/aromatic N) is 3. The third kappa shape index (κ3) is 2.39. The van der Waals surface area contributed by atoms with Gasteiger partial charge in [-0.3, -0.25) is 4.90 Å². The molecule has 1 aromatic heterocycles. The summed E-state index contributed by atoms with van der Waals surface area (Å²) in [6.45, 7) is 4.74. The molecule has 1 aliphatic rings. The van der Waals surface area contributed by atoms with Gasteiger partial charge in [-0.25, -0.2) is 4.98 Å². The molecule has 1 aromatic rings. The minimum Gasteiger partial charge on any atom is -0.393 e. The van der Waals surface area contributed by atoms with Crippen LogP contribution in [0.3, 0.4) is 0 Å². The monoisotopic (exact) mass is 243 g/mol. The van der Waals surface area contributed by atoms with Gasteiger partial charge in [0.25, 0.3) is 0 Å². The highest BCUT2D eigenvalue weighted by Crippen LogP contribution is 2.19. The Morgan fingerprint density at radius 1 is 1.62 bits per heavy atom. The van der Waals surface area contributed by atoms with E-state index in [0.717, 1.165) is 31.9 Å². The number of hydrogen-bond acceptors (Lipinski definition) is 3. The molecule has 0 aliphatic carbocycles. The molecule has 0 radical (unpaired) electrons. The zero-order chi connectivity index (χ0) is 11.7. The molecule has 2 rings (SSSR count). The van der Waals surface area contributed by atoms with Crippen LogP contribution in [0.25, 0.3) is 0 Å². The first-order valence-corrected chi connectivity index (χ1v) is 6.02. The van der Waals surface area contributed by atoms with Gasteiger partial charge < -0.3 is 9.67 Å². The van der Waals surface area contributed by atoms with Crippen LogP contribution in [0.5, 0.6) is 0 Å². The van der Waals surface area contributed by atoms with E-state index < -0.39 is 0 Å². The van der Waals surface area contributed by atoms with Crippen LogP contribution in [0.2, 0.25) is 5.15 Å². The molecule has 2 atom stereocenters. The van der Waals surface area contributed by atoms with Gasteiger partial charge in [0.15, 0.2) is 0 Å². The molecule has 2 heterocycles. The summed E-state index contributed by atoms with van der Waals surface area (Å²) in [4.78, 5) is 6.60. The lowest BCUT2D eigenvalue weighted by Gasteiger charge is -2.34. The Hall–Kier alpha value is -0.580. The molecule has 2 unspecified atom stereocenters. The average Bonchev–Trinajstić information content (AvgIpc) is 2.55. The molecule has 0 bridgehead atoms. The highest BCUT2D eigenvalue weighted by molar-refractivity contribution is 6.29. The molecule has 5 heteroatoms. The van der Waals surface area contributed by atoms with E-state index in [1.807, 2.05) is 11.6 Å². The van der Waals surface area contributed by atoms with Crippen LogP contribution in [0.1, 0.15) is 19.2 Å². The second-order valence-corrected chi connectivity index (χ2v) is 5.01. The number of aromatic nitrogens is 2. The fourth-order valence-electron chi connectivity index (χ4n) is 2.13. The van der Waals surface area contributed by atoms with Crippen LogP contribution in [0.15, 0.2) is 6.20 Å². The summed E-state index contributed by atoms with van der Waals surface area (Å²) >= 11 is 5.94. The summed E-state index contributed by atoms with van der Waals surface area (Å²) < 4.78 is 1.90. The van der Waals surface area contributed by atoms with Crippen molar-refractivity contribution in [2.75, 3.05) is 13.1 Å². The zero-order valence-electron chi connectivity index (χ0n) is 9.73. The number of rotatable bonds is 2. The SMILES string of the molecule is CC1CN(Cc2ncc(Cl)n2C)CCC1O. The third-order valence-electron chi connectivity index (χ3n) is 3.34. The maximum absolute atomic E-state index is 9.65. The fraction of sp³-hybridized carbons (Fsp3) is 0.727. The lowest BCUT2D eigenvalue weighted by molar-refractivity contribution is 0.0308. The predicted octanol–water partition coefficient (Wildman–Crippen LogP) is 1.28. The highest BCUT2D eigenvalue weighted by atomic mass is 35.5. The van der Waals surface area contributed by atoms with E-state index in [1.54, 1.807) is 6.20 Å². The number of piperidine rings is 1. The second-order valence-electron chi connectivity index (χ2n) is 4.62. The summed E-state index contributed by atoms with van der Waals surface area (Å²) in [5.41, 5.74) is 0. The molecule has 4 nitrogen and oxygen atoms in total. The number of aliphatic hydroxyl groups is 1. The average molecular weight is 244 g/mol. The van der Waals surface area contributed by atoms with E-state index in [-0.39, 0.29) is 6.10 Å². The molecule has 0 aromatic carbocycles. The van der Waals surface area contributed by atoms with Gasteiger partial charge >= 0.3 is 0 Å². The summed E-state index contributed by atoms with van der Waals surface area (Å²) in [6, 6.07) is 0. The number of likely N-dealkylation sites (tertiary alicyclic amines) is 1. The highest BCUT2D eigenvalue weighted by Gasteiger charge is 2.24. The molecule has 1 fully saturated rings. The van der Waals surface area contributed by atoms with Crippen molar-refractivity contribution >= 4 is 11.6 Å². The molecule has 16 heavy (non-hydrogen) atoms. The van der Waals surface area contributed by atoms with Gasteiger partial charge in [-0.2, -0.15) is 0 Å². The Morgan fingerprint density at radius 2 is 2.38 bits per heavy atom. The number of aliphatic hydroxyl groups excluding tert-OH is 1. The number of halogens is 1. The molecule has 0 saturated carbocycles. The van der Waals surface area contributed by atoms with Crippen molar-refractivity contribution in [3.8, 4) is 0 Å². The van der Waals surface area contributed by atoms with Gasteiger partial charge in [-0.05, 0) is 12.3 Å². The first kappa shape index (κ1) is 11.9. The lowest BCUT2D eigenvalue weighted by atomic mass is 9.97. The Labute approximate surface area is 101 Å². The number of hydrogen-bond donors (Lipinski definition) is 1. The van der Waals surface area contributed by atoms with Gasteiger partial charge in [0.2, 0.25) is 0 Å². The molecule has 1 saturated heterocycles. The van der Waals surface area contributed by atoms with Gasteiger partial charge in [-0.15, -0.1) is 0 Å². The van der Waals surface area contributed by atoms with Crippen molar-refractivity contribution in [3.05, 3.63) is 17.2 Å². The lowest BCUT2D eigenvalue weighted by Crippen LogP contribution is -2.41. The quantitative estimate of drug-likeness (QED) is 0.851. The Balaban J connectivity index is 1.98. The summed E-state index contributed by atoms with van der Waals surface area (Å²) in [5, 5.41) is 10.3. The Morgan fingerprint density at radius 3 is 2.94 bits per heavy atom. The normalized spacial score (nSPS) is 27.2. The minimum absolute atomic E-state index is 0.152. The van der Waals surface area contributed by atoms with Crippen LogP contribution in [-0.2, 0) is 13.6 Å². The van der Waals surface area contributed by atoms with Crippen LogP contribution in [-0.4, -0.2) is 38.8 Å². The standard InChI is InChI=1S/C11H18ClN3O/c1-8-6-15(4-3-9(8)16)7-11-13-5-10(12)14(11)2/h5,8-9,16H,3-4,6-7H2,1-2H3. The Bertz CT molecular complexity index is 366. The van der Waals surface area contributed by atoms with Gasteiger partial charge in [-0.1, -0.05) is 18.5 Å². The topological polar surface area (TPSA) is 41.3 Å². The van der Waals surface area contributed by atoms with Crippen LogP contribution >= 0.6 is 11.6 Å². The third-order valence-corrected chi connectivity index (χ3v) is 3.69. The van der Waals surface area contributed by atoms with Crippen molar-refractivity contribution < 1.29 is 5.11 Å². The van der Waals surface area contributed by atoms with Gasteiger partial charge in [0.05, 0.1) is 18.8 Å². The summed E-state index contributed by atoms with van der Waals surface area (Å²) in [7, 11) is 1.92. The first-order valence-electron chi connectivity index (χ1n) is 5.64. The molecular formula is C11H18ClN3O. The molecule has 0 amide bonds. The number of imidazole rings is 1. The van der Waals surface area contributed by atoms with E-state index in [2.05, 4.69) is 16.8 Å². The predicted molar refractivity (Wildman–Crippen MR) is 63.3 cm³/mol. The fourth-order valence-corrected chi connectivity index (χ4v) is 2.28. The summed E-state index contributed by atoms with van der Waals surface area (Å²) in [6.07, 6.45) is 2.37. The Kier molecular flexibility index (Phi) is 3.52. The van der Waals surface area contributed by atoms with E-state index in [9.17, 15) is 5.11 Å². The molecule has 0 spiro atoms. The molecule has 1 aliphatic heterocycles. The van der Waals surface area contributed by atoms with E-state index in [1.165, 1.54) is 0 Å². The van der Waals surface area contributed by atoms with E-state index >= 15 is 0 Å². The maximum Gasteiger partial charge on any atom is 0.128 e. The van der Waals surface area contributed by atoms with Crippen molar-refractivity contribution in [1.82, 2.24) is 14.5 Å². The minimum atomic E-state index is -0.152. The largest absolute Gasteiger partial charge is 0.393 e. The molecule has 1 N–H and O–H groups in total. The summed E-state index contributed by atoms with van der Waals surface area (Å²) in [5.74, 6) is 1.32. The molecular weight excluding hydrogens is 226 g/mol. The maximum atomic E-state index is 9.65. The smallest absolute Gasteiger partial charge is 0.128 e. The second kappa shape index (κ2) is 4.73.